The van der Waals surface area contributed by atoms with Crippen molar-refractivity contribution >= 4 is 22.5 Å². The van der Waals surface area contributed by atoms with Gasteiger partial charge in [-0.2, -0.15) is 10.2 Å². The van der Waals surface area contributed by atoms with Gasteiger partial charge in [0.2, 0.25) is 0 Å². The molecule has 1 atom stereocenters. The number of nitrogens with zero attached hydrogens (tertiary/aromatic N) is 5. The lowest BCUT2D eigenvalue weighted by Crippen LogP contribution is -2.29. The number of fused-ring (bicyclic) bond motifs is 3. The van der Waals surface area contributed by atoms with Crippen molar-refractivity contribution in [3.8, 4) is 39.4 Å². The fourth-order valence-electron chi connectivity index (χ4n) is 6.54. The molecule has 4 heterocycles. The van der Waals surface area contributed by atoms with E-state index in [1.165, 1.54) is 6.07 Å². The highest BCUT2D eigenvalue weighted by atomic mass is 19.1. The number of rotatable bonds is 6. The van der Waals surface area contributed by atoms with Gasteiger partial charge < -0.3 is 14.6 Å². The zero-order chi connectivity index (χ0) is 33.2. The Morgan fingerprint density at radius 1 is 1.06 bits per heavy atom. The highest BCUT2D eigenvalue weighted by Gasteiger charge is 2.34. The maximum atomic E-state index is 15.7. The molecule has 3 aromatic carbocycles. The van der Waals surface area contributed by atoms with Crippen LogP contribution in [0.15, 0.2) is 60.8 Å². The average molecular weight is 634 g/mol. The molecule has 47 heavy (non-hydrogen) atoms. The predicted molar refractivity (Wildman–Crippen MR) is 178 cm³/mol. The highest BCUT2D eigenvalue weighted by molar-refractivity contribution is 5.86. The summed E-state index contributed by atoms with van der Waals surface area (Å²) in [6.45, 7) is 9.53. The molecule has 0 saturated heterocycles. The molecule has 240 valence electrons. The highest BCUT2D eigenvalue weighted by Crippen LogP contribution is 2.42. The van der Waals surface area contributed by atoms with Gasteiger partial charge in [0, 0.05) is 46.4 Å². The summed E-state index contributed by atoms with van der Waals surface area (Å²) in [6, 6.07) is 17.6. The molecule has 0 aliphatic carbocycles. The first-order valence-corrected chi connectivity index (χ1v) is 15.7. The Hall–Kier alpha value is -5.09. The molecule has 0 bridgehead atoms. The normalized spacial score (nSPS) is 13.9. The zero-order valence-electron chi connectivity index (χ0n) is 27.3. The van der Waals surface area contributed by atoms with Gasteiger partial charge in [0.1, 0.15) is 0 Å². The van der Waals surface area contributed by atoms with Crippen LogP contribution in [0.25, 0.3) is 50.2 Å². The van der Waals surface area contributed by atoms with E-state index in [4.69, 9.17) is 19.6 Å². The minimum absolute atomic E-state index is 0.254. The molecule has 0 amide bonds. The third-order valence-electron chi connectivity index (χ3n) is 8.72. The fourth-order valence-corrected chi connectivity index (χ4v) is 6.54. The van der Waals surface area contributed by atoms with Crippen LogP contribution in [0.3, 0.4) is 0 Å². The molecule has 0 fully saturated rings. The van der Waals surface area contributed by atoms with Gasteiger partial charge in [0.15, 0.2) is 23.3 Å². The van der Waals surface area contributed by atoms with Gasteiger partial charge in [0.25, 0.3) is 0 Å². The van der Waals surface area contributed by atoms with Crippen molar-refractivity contribution in [3.63, 3.8) is 0 Å². The van der Waals surface area contributed by atoms with Gasteiger partial charge in [-0.25, -0.2) is 18.7 Å². The van der Waals surface area contributed by atoms with E-state index in [1.54, 1.807) is 32.2 Å². The maximum Gasteiger partial charge on any atom is 0.337 e. The molecule has 1 N–H and O–H groups in total. The van der Waals surface area contributed by atoms with Gasteiger partial charge in [-0.3, -0.25) is 4.68 Å². The molecule has 9 nitrogen and oxygen atoms in total. The van der Waals surface area contributed by atoms with Crippen molar-refractivity contribution in [1.82, 2.24) is 24.4 Å². The molecule has 0 radical (unpaired) electrons. The quantitative estimate of drug-likeness (QED) is 0.201. The summed E-state index contributed by atoms with van der Waals surface area (Å²) < 4.78 is 31.1. The number of aromatic nitrogens is 5. The summed E-state index contributed by atoms with van der Waals surface area (Å²) in [5, 5.41) is 20.9. The number of ether oxygens (including phenoxy) is 2. The molecule has 1 aliphatic rings. The molecule has 7 rings (SSSR count). The molecule has 6 aromatic rings. The molecule has 3 aromatic heterocycles. The van der Waals surface area contributed by atoms with Gasteiger partial charge in [0.05, 0.1) is 35.3 Å². The number of hydrogen-bond donors (Lipinski definition) is 1. The van der Waals surface area contributed by atoms with Crippen molar-refractivity contribution in [3.05, 3.63) is 89.0 Å². The summed E-state index contributed by atoms with van der Waals surface area (Å²) in [4.78, 5) is 17.7. The number of aryl methyl sites for hydroxylation is 2. The van der Waals surface area contributed by atoms with E-state index < -0.39 is 23.5 Å². The number of carboxylic acid groups (broad SMARTS) is 1. The van der Waals surface area contributed by atoms with E-state index in [0.717, 1.165) is 45.1 Å². The van der Waals surface area contributed by atoms with E-state index in [0.29, 0.717) is 46.9 Å². The van der Waals surface area contributed by atoms with Crippen LogP contribution in [0.4, 0.5) is 4.39 Å². The monoisotopic (exact) mass is 633 g/mol. The van der Waals surface area contributed by atoms with Crippen molar-refractivity contribution < 1.29 is 23.8 Å². The summed E-state index contributed by atoms with van der Waals surface area (Å²) >= 11 is 0. The summed E-state index contributed by atoms with van der Waals surface area (Å²) in [5.74, 6) is -1.41. The Bertz CT molecular complexity index is 2210. The molecular formula is C37H36FN5O4. The largest absolute Gasteiger partial charge is 0.490 e. The minimum atomic E-state index is -1.38. The Kier molecular flexibility index (Phi) is 7.35. The third-order valence-corrected chi connectivity index (χ3v) is 8.72. The Morgan fingerprint density at radius 3 is 2.60 bits per heavy atom. The van der Waals surface area contributed by atoms with Crippen molar-refractivity contribution in [2.75, 3.05) is 6.61 Å². The van der Waals surface area contributed by atoms with Crippen molar-refractivity contribution in [1.29, 1.82) is 0 Å². The van der Waals surface area contributed by atoms with Gasteiger partial charge >= 0.3 is 5.97 Å². The lowest BCUT2D eigenvalue weighted by molar-refractivity contribution is -0.160. The van der Waals surface area contributed by atoms with Crippen LogP contribution in [-0.4, -0.2) is 47.7 Å². The van der Waals surface area contributed by atoms with E-state index in [9.17, 15) is 9.90 Å². The smallest absolute Gasteiger partial charge is 0.337 e. The molecule has 0 saturated carbocycles. The minimum Gasteiger partial charge on any atom is -0.490 e. The second-order valence-electron chi connectivity index (χ2n) is 13.1. The van der Waals surface area contributed by atoms with Gasteiger partial charge in [-0.1, -0.05) is 24.3 Å². The molecule has 0 spiro atoms. The van der Waals surface area contributed by atoms with Crippen LogP contribution >= 0.6 is 0 Å². The van der Waals surface area contributed by atoms with E-state index >= 15 is 4.39 Å². The van der Waals surface area contributed by atoms with Crippen LogP contribution < -0.4 is 4.74 Å². The number of carbonyl (C=O) groups is 1. The lowest BCUT2D eigenvalue weighted by atomic mass is 9.91. The summed E-state index contributed by atoms with van der Waals surface area (Å²) in [6.07, 6.45) is 1.88. The topological polar surface area (TPSA) is 104 Å². The molecule has 10 heteroatoms. The third kappa shape index (κ3) is 5.42. The van der Waals surface area contributed by atoms with Crippen molar-refractivity contribution in [2.45, 2.75) is 59.2 Å². The van der Waals surface area contributed by atoms with Crippen LogP contribution in [0.1, 0.15) is 55.7 Å². The fraction of sp³-hybridized carbons (Fsp3) is 0.297. The summed E-state index contributed by atoms with van der Waals surface area (Å²) in [5.41, 5.74) is 7.62. The molecule has 0 unspecified atom stereocenters. The number of hydrogen-bond acceptors (Lipinski definition) is 6. The first kappa shape index (κ1) is 30.6. The number of benzene rings is 3. The van der Waals surface area contributed by atoms with Crippen LogP contribution in [-0.2, 0) is 23.0 Å². The number of halogens is 1. The predicted octanol–water partition coefficient (Wildman–Crippen LogP) is 7.64. The summed E-state index contributed by atoms with van der Waals surface area (Å²) in [7, 11) is 1.92. The first-order valence-electron chi connectivity index (χ1n) is 15.7. The molecule has 1 aliphatic heterocycles. The van der Waals surface area contributed by atoms with Crippen LogP contribution in [0.5, 0.6) is 5.75 Å². The lowest BCUT2D eigenvalue weighted by Gasteiger charge is -2.28. The van der Waals surface area contributed by atoms with Crippen LogP contribution in [0, 0.1) is 19.7 Å². The second-order valence-corrected chi connectivity index (χ2v) is 13.1. The van der Waals surface area contributed by atoms with Gasteiger partial charge in [-0.15, -0.1) is 0 Å². The standard InChI is InChI=1S/C37H36FN5O4/c1-20-26-11-8-14-46-34(26)28(38)17-27(20)33-32(35(36(44)45)47-37(3,4)5)21(2)40-31-18-29(41-43(31)33)24-10-7-9-22(15-24)23-12-13-30-25(16-23)19-39-42(30)6/h7,9-10,12-13,15-19,35H,8,11,14H2,1-6H3,(H,44,45)/t35-/m0/s1. The van der Waals surface area contributed by atoms with Crippen LogP contribution in [0.2, 0.25) is 0 Å². The van der Waals surface area contributed by atoms with E-state index in [2.05, 4.69) is 29.4 Å². The first-order chi connectivity index (χ1) is 22.4. The second kappa shape index (κ2) is 11.3. The maximum absolute atomic E-state index is 15.7. The van der Waals surface area contributed by atoms with Crippen molar-refractivity contribution in [2.24, 2.45) is 7.05 Å². The average Bonchev–Trinajstić information content (AvgIpc) is 3.64. The molecular weight excluding hydrogens is 597 g/mol. The Balaban J connectivity index is 1.45. The van der Waals surface area contributed by atoms with E-state index in [-0.39, 0.29) is 5.75 Å². The SMILES string of the molecule is Cc1nc2cc(-c3cccc(-c4ccc5c(cnn5C)c4)c3)nn2c(-c2cc(F)c3c(c2C)CCCO3)c1[C@H](OC(C)(C)C)C(=O)O. The number of carboxylic acids is 1. The Morgan fingerprint density at radius 2 is 1.83 bits per heavy atom. The Labute approximate surface area is 271 Å². The zero-order valence-corrected chi connectivity index (χ0v) is 27.3. The van der Waals surface area contributed by atoms with Gasteiger partial charge in [-0.05, 0) is 88.4 Å². The number of aliphatic carboxylic acids is 1. The van der Waals surface area contributed by atoms with E-state index in [1.807, 2.05) is 49.1 Å².